The Bertz CT molecular complexity index is 454. The number of aliphatic hydroxyl groups excluding tert-OH is 1. The van der Waals surface area contributed by atoms with E-state index < -0.39 is 0 Å². The Hall–Kier alpha value is -1.02. The summed E-state index contributed by atoms with van der Waals surface area (Å²) in [6, 6.07) is 7.95. The van der Waals surface area contributed by atoms with Crippen LogP contribution in [0, 0.1) is 11.8 Å². The highest BCUT2D eigenvalue weighted by atomic mass is 16.5. The molecule has 1 heterocycles. The van der Waals surface area contributed by atoms with Crippen molar-refractivity contribution in [1.82, 2.24) is 0 Å². The number of fused-ring (bicyclic) bond motifs is 1. The van der Waals surface area contributed by atoms with Crippen molar-refractivity contribution in [2.24, 2.45) is 11.8 Å². The monoisotopic (exact) mass is 260 g/mol. The van der Waals surface area contributed by atoms with Gasteiger partial charge in [-0.1, -0.05) is 32.0 Å². The Morgan fingerprint density at radius 1 is 1.26 bits per heavy atom. The summed E-state index contributed by atoms with van der Waals surface area (Å²) in [5, 5.41) is 10.4. The van der Waals surface area contributed by atoms with E-state index in [2.05, 4.69) is 13.8 Å². The molecule has 104 valence electrons. The van der Waals surface area contributed by atoms with E-state index in [9.17, 15) is 5.11 Å². The van der Waals surface area contributed by atoms with Crippen LogP contribution in [0.2, 0.25) is 0 Å². The van der Waals surface area contributed by atoms with Crippen molar-refractivity contribution < 1.29 is 9.84 Å². The van der Waals surface area contributed by atoms with Crippen LogP contribution in [0.3, 0.4) is 0 Å². The van der Waals surface area contributed by atoms with E-state index in [0.717, 1.165) is 36.5 Å². The van der Waals surface area contributed by atoms with Gasteiger partial charge in [-0.15, -0.1) is 0 Å². The van der Waals surface area contributed by atoms with Gasteiger partial charge in [0, 0.05) is 12.0 Å². The Kier molecular flexibility index (Phi) is 3.30. The molecule has 3 rings (SSSR count). The van der Waals surface area contributed by atoms with E-state index in [4.69, 9.17) is 4.74 Å². The topological polar surface area (TPSA) is 29.5 Å². The maximum Gasteiger partial charge on any atom is 0.125 e. The highest BCUT2D eigenvalue weighted by Gasteiger charge is 2.44. The highest BCUT2D eigenvalue weighted by Crippen LogP contribution is 2.48. The molecule has 0 saturated heterocycles. The lowest BCUT2D eigenvalue weighted by Crippen LogP contribution is -2.45. The van der Waals surface area contributed by atoms with Crippen molar-refractivity contribution in [3.63, 3.8) is 0 Å². The molecule has 1 N–H and O–H groups in total. The van der Waals surface area contributed by atoms with Crippen molar-refractivity contribution in [3.8, 4) is 5.75 Å². The van der Waals surface area contributed by atoms with E-state index in [1.54, 1.807) is 0 Å². The number of benzene rings is 1. The van der Waals surface area contributed by atoms with Crippen LogP contribution >= 0.6 is 0 Å². The lowest BCUT2D eigenvalue weighted by molar-refractivity contribution is -0.0572. The fraction of sp³-hybridized carbons (Fsp3) is 0.647. The van der Waals surface area contributed by atoms with Gasteiger partial charge in [0.1, 0.15) is 11.4 Å². The summed E-state index contributed by atoms with van der Waals surface area (Å²) in [4.78, 5) is 0. The number of ether oxygens (including phenoxy) is 1. The second kappa shape index (κ2) is 4.82. The van der Waals surface area contributed by atoms with Gasteiger partial charge in [-0.25, -0.2) is 0 Å². The Morgan fingerprint density at radius 3 is 2.84 bits per heavy atom. The second-order valence-electron chi connectivity index (χ2n) is 6.64. The zero-order valence-electron chi connectivity index (χ0n) is 11.9. The largest absolute Gasteiger partial charge is 0.487 e. The Morgan fingerprint density at radius 2 is 2.05 bits per heavy atom. The van der Waals surface area contributed by atoms with Crippen LogP contribution in [0.4, 0.5) is 0 Å². The first-order valence-electron chi connectivity index (χ1n) is 7.56. The third-order valence-corrected chi connectivity index (χ3v) is 4.95. The smallest absolute Gasteiger partial charge is 0.125 e. The number of hydrogen-bond acceptors (Lipinski definition) is 2. The van der Waals surface area contributed by atoms with Gasteiger partial charge in [-0.2, -0.15) is 0 Å². The molecule has 1 aromatic rings. The average molecular weight is 260 g/mol. The van der Waals surface area contributed by atoms with E-state index in [1.165, 1.54) is 12.8 Å². The van der Waals surface area contributed by atoms with E-state index in [-0.39, 0.29) is 11.7 Å². The van der Waals surface area contributed by atoms with Crippen molar-refractivity contribution in [1.29, 1.82) is 0 Å². The zero-order valence-corrected chi connectivity index (χ0v) is 11.9. The SMILES string of the molecule is CC(C)C1CCCC2(C1)C[C@H](O)c1ccccc1O2. The van der Waals surface area contributed by atoms with Crippen LogP contribution in [0.5, 0.6) is 5.75 Å². The first kappa shape index (κ1) is 13.0. The molecule has 2 heteroatoms. The van der Waals surface area contributed by atoms with Crippen molar-refractivity contribution >= 4 is 0 Å². The minimum absolute atomic E-state index is 0.124. The summed E-state index contributed by atoms with van der Waals surface area (Å²) >= 11 is 0. The van der Waals surface area contributed by atoms with Crippen LogP contribution in [0.25, 0.3) is 0 Å². The number of rotatable bonds is 1. The summed E-state index contributed by atoms with van der Waals surface area (Å²) in [6.07, 6.45) is 5.10. The molecule has 0 radical (unpaired) electrons. The summed E-state index contributed by atoms with van der Waals surface area (Å²) in [5.74, 6) is 2.33. The van der Waals surface area contributed by atoms with Crippen LogP contribution in [-0.4, -0.2) is 10.7 Å². The molecule has 0 aromatic heterocycles. The quantitative estimate of drug-likeness (QED) is 0.824. The molecule has 0 amide bonds. The average Bonchev–Trinajstić information content (AvgIpc) is 2.38. The summed E-state index contributed by atoms with van der Waals surface area (Å²) in [7, 11) is 0. The number of aliphatic hydroxyl groups is 1. The lowest BCUT2D eigenvalue weighted by Gasteiger charge is -2.46. The van der Waals surface area contributed by atoms with Gasteiger partial charge in [-0.05, 0) is 43.6 Å². The third kappa shape index (κ3) is 2.38. The predicted molar refractivity (Wildman–Crippen MR) is 76.2 cm³/mol. The summed E-state index contributed by atoms with van der Waals surface area (Å²) in [6.45, 7) is 4.60. The van der Waals surface area contributed by atoms with E-state index in [0.29, 0.717) is 5.92 Å². The molecule has 1 aliphatic carbocycles. The van der Waals surface area contributed by atoms with Gasteiger partial charge in [-0.3, -0.25) is 0 Å². The van der Waals surface area contributed by atoms with Gasteiger partial charge < -0.3 is 9.84 Å². The normalized spacial score (nSPS) is 34.1. The minimum atomic E-state index is -0.365. The molecule has 1 saturated carbocycles. The molecule has 2 nitrogen and oxygen atoms in total. The number of para-hydroxylation sites is 1. The molecule has 1 spiro atoms. The van der Waals surface area contributed by atoms with Gasteiger partial charge in [0.15, 0.2) is 0 Å². The van der Waals surface area contributed by atoms with Gasteiger partial charge in [0.25, 0.3) is 0 Å². The molecule has 3 atom stereocenters. The fourth-order valence-electron chi connectivity index (χ4n) is 3.80. The maximum atomic E-state index is 10.4. The van der Waals surface area contributed by atoms with Crippen molar-refractivity contribution in [2.45, 2.75) is 57.7 Å². The third-order valence-electron chi connectivity index (χ3n) is 4.95. The Labute approximate surface area is 115 Å². The van der Waals surface area contributed by atoms with Gasteiger partial charge in [0.2, 0.25) is 0 Å². The van der Waals surface area contributed by atoms with Crippen LogP contribution in [0.15, 0.2) is 24.3 Å². The van der Waals surface area contributed by atoms with Crippen LogP contribution in [-0.2, 0) is 0 Å². The molecular formula is C17H24O2. The molecular weight excluding hydrogens is 236 g/mol. The van der Waals surface area contributed by atoms with E-state index in [1.807, 2.05) is 24.3 Å². The highest BCUT2D eigenvalue weighted by molar-refractivity contribution is 5.38. The minimum Gasteiger partial charge on any atom is -0.487 e. The molecule has 2 unspecified atom stereocenters. The molecule has 19 heavy (non-hydrogen) atoms. The molecule has 1 aromatic carbocycles. The van der Waals surface area contributed by atoms with Gasteiger partial charge in [0.05, 0.1) is 6.10 Å². The molecule has 1 fully saturated rings. The fourth-order valence-corrected chi connectivity index (χ4v) is 3.80. The first-order chi connectivity index (χ1) is 9.10. The molecule has 1 aliphatic heterocycles. The van der Waals surface area contributed by atoms with Crippen LogP contribution < -0.4 is 4.74 Å². The van der Waals surface area contributed by atoms with Crippen molar-refractivity contribution in [2.75, 3.05) is 0 Å². The predicted octanol–water partition coefficient (Wildman–Crippen LogP) is 4.09. The second-order valence-corrected chi connectivity index (χ2v) is 6.64. The van der Waals surface area contributed by atoms with Crippen molar-refractivity contribution in [3.05, 3.63) is 29.8 Å². The number of hydrogen-bond donors (Lipinski definition) is 1. The first-order valence-corrected chi connectivity index (χ1v) is 7.56. The zero-order chi connectivity index (χ0) is 13.5. The summed E-state index contributed by atoms with van der Waals surface area (Å²) in [5.41, 5.74) is 0.834. The Balaban J connectivity index is 1.87. The molecule has 0 bridgehead atoms. The molecule has 2 aliphatic rings. The van der Waals surface area contributed by atoms with Crippen LogP contribution in [0.1, 0.15) is 57.6 Å². The maximum absolute atomic E-state index is 10.4. The standard InChI is InChI=1S/C17H24O2/c1-12(2)13-6-5-9-17(10-13)11-15(18)14-7-3-4-8-16(14)19-17/h3-4,7-8,12-13,15,18H,5-6,9-11H2,1-2H3/t13?,15-,17?/m0/s1. The van der Waals surface area contributed by atoms with Gasteiger partial charge >= 0.3 is 0 Å². The lowest BCUT2D eigenvalue weighted by atomic mass is 9.70. The summed E-state index contributed by atoms with van der Waals surface area (Å²) < 4.78 is 6.35. The van der Waals surface area contributed by atoms with E-state index >= 15 is 0 Å².